The molecule has 0 saturated heterocycles. The number of anilines is 2. The van der Waals surface area contributed by atoms with Gasteiger partial charge in [0.15, 0.2) is 0 Å². The van der Waals surface area contributed by atoms with E-state index >= 15 is 0 Å². The molecule has 0 spiro atoms. The largest absolute Gasteiger partial charge is 0.496 e. The van der Waals surface area contributed by atoms with Gasteiger partial charge < -0.3 is 15.0 Å². The van der Waals surface area contributed by atoms with Gasteiger partial charge in [-0.15, -0.1) is 0 Å². The van der Waals surface area contributed by atoms with E-state index in [1.54, 1.807) is 25.3 Å². The number of carbonyl (C=O) groups is 1. The highest BCUT2D eigenvalue weighted by atomic mass is 79.9. The summed E-state index contributed by atoms with van der Waals surface area (Å²) in [5.41, 5.74) is 2.30. The third kappa shape index (κ3) is 3.55. The zero-order valence-electron chi connectivity index (χ0n) is 12.2. The number of methoxy groups -OCH3 is 1. The predicted octanol–water partition coefficient (Wildman–Crippen LogP) is 3.78. The van der Waals surface area contributed by atoms with Gasteiger partial charge in [0, 0.05) is 19.7 Å². The van der Waals surface area contributed by atoms with Crippen LogP contribution in [-0.4, -0.2) is 27.1 Å². The minimum Gasteiger partial charge on any atom is -0.496 e. The van der Waals surface area contributed by atoms with E-state index in [4.69, 9.17) is 4.74 Å². The number of halogens is 1. The molecule has 0 fully saturated rings. The lowest BCUT2D eigenvalue weighted by Gasteiger charge is -2.17. The van der Waals surface area contributed by atoms with Crippen LogP contribution in [0.25, 0.3) is 0 Å². The van der Waals surface area contributed by atoms with Crippen molar-refractivity contribution in [1.82, 2.24) is 0 Å². The number of benzene rings is 2. The molecule has 0 atom stereocenters. The first-order valence-corrected chi connectivity index (χ1v) is 7.23. The number of amides is 1. The Hall–Kier alpha value is -2.01. The van der Waals surface area contributed by atoms with Crippen LogP contribution in [-0.2, 0) is 0 Å². The average Bonchev–Trinajstić information content (AvgIpc) is 2.47. The maximum absolute atomic E-state index is 12.3. The summed E-state index contributed by atoms with van der Waals surface area (Å²) >= 11 is 3.39. The normalized spacial score (nSPS) is 10.1. The van der Waals surface area contributed by atoms with Crippen molar-refractivity contribution >= 4 is 33.2 Å². The third-order valence-corrected chi connectivity index (χ3v) is 3.67. The van der Waals surface area contributed by atoms with Crippen molar-refractivity contribution in [3.63, 3.8) is 0 Å². The molecular weight excluding hydrogens is 332 g/mol. The van der Waals surface area contributed by atoms with Crippen molar-refractivity contribution in [2.24, 2.45) is 0 Å². The minimum absolute atomic E-state index is 0.160. The molecule has 4 nitrogen and oxygen atoms in total. The number of rotatable bonds is 4. The lowest BCUT2D eigenvalue weighted by atomic mass is 10.2. The Balaban J connectivity index is 2.24. The molecule has 0 saturated carbocycles. The zero-order chi connectivity index (χ0) is 15.4. The summed E-state index contributed by atoms with van der Waals surface area (Å²) in [6.07, 6.45) is 0. The van der Waals surface area contributed by atoms with E-state index in [1.165, 1.54) is 0 Å². The van der Waals surface area contributed by atoms with Gasteiger partial charge in [0.1, 0.15) is 5.75 Å². The quantitative estimate of drug-likeness (QED) is 0.914. The summed E-state index contributed by atoms with van der Waals surface area (Å²) in [5.74, 6) is 0.535. The summed E-state index contributed by atoms with van der Waals surface area (Å²) in [6, 6.07) is 12.9. The molecule has 0 aliphatic rings. The van der Waals surface area contributed by atoms with Gasteiger partial charge in [-0.3, -0.25) is 4.79 Å². The molecule has 2 aromatic carbocycles. The SMILES string of the molecule is COc1ccc(C(=O)Nc2ccccc2N(C)C)cc1Br. The Labute approximate surface area is 132 Å². The van der Waals surface area contributed by atoms with Crippen molar-refractivity contribution < 1.29 is 9.53 Å². The van der Waals surface area contributed by atoms with Gasteiger partial charge in [-0.05, 0) is 46.3 Å². The number of nitrogens with one attached hydrogen (secondary N) is 1. The smallest absolute Gasteiger partial charge is 0.255 e. The molecule has 2 rings (SSSR count). The molecule has 0 radical (unpaired) electrons. The van der Waals surface area contributed by atoms with Gasteiger partial charge in [-0.25, -0.2) is 0 Å². The van der Waals surface area contributed by atoms with E-state index in [0.29, 0.717) is 11.3 Å². The Morgan fingerprint density at radius 1 is 1.19 bits per heavy atom. The molecule has 5 heteroatoms. The topological polar surface area (TPSA) is 41.6 Å². The second-order valence-corrected chi connectivity index (χ2v) is 5.57. The van der Waals surface area contributed by atoms with Gasteiger partial charge in [-0.2, -0.15) is 0 Å². The molecule has 1 N–H and O–H groups in total. The summed E-state index contributed by atoms with van der Waals surface area (Å²) in [4.78, 5) is 14.3. The maximum Gasteiger partial charge on any atom is 0.255 e. The van der Waals surface area contributed by atoms with E-state index in [9.17, 15) is 4.79 Å². The summed E-state index contributed by atoms with van der Waals surface area (Å²) in [7, 11) is 5.47. The van der Waals surface area contributed by atoms with E-state index in [0.717, 1.165) is 15.8 Å². The second-order valence-electron chi connectivity index (χ2n) is 4.72. The number of hydrogen-bond donors (Lipinski definition) is 1. The summed E-state index contributed by atoms with van der Waals surface area (Å²) in [5, 5.41) is 2.93. The number of para-hydroxylation sites is 2. The van der Waals surface area contributed by atoms with Crippen molar-refractivity contribution in [3.05, 3.63) is 52.5 Å². The van der Waals surface area contributed by atoms with Crippen LogP contribution in [0.5, 0.6) is 5.75 Å². The van der Waals surface area contributed by atoms with Crippen LogP contribution in [0, 0.1) is 0 Å². The predicted molar refractivity (Wildman–Crippen MR) is 89.4 cm³/mol. The first-order chi connectivity index (χ1) is 10.0. The number of ether oxygens (including phenoxy) is 1. The van der Waals surface area contributed by atoms with Crippen LogP contribution in [0.4, 0.5) is 11.4 Å². The van der Waals surface area contributed by atoms with E-state index in [-0.39, 0.29) is 5.91 Å². The number of nitrogens with zero attached hydrogens (tertiary/aromatic N) is 1. The zero-order valence-corrected chi connectivity index (χ0v) is 13.8. The number of carbonyl (C=O) groups excluding carboxylic acids is 1. The maximum atomic E-state index is 12.3. The van der Waals surface area contributed by atoms with Crippen LogP contribution in [0.1, 0.15) is 10.4 Å². The Morgan fingerprint density at radius 3 is 2.52 bits per heavy atom. The Kier molecular flexibility index (Phi) is 4.85. The van der Waals surface area contributed by atoms with Crippen LogP contribution < -0.4 is 15.0 Å². The van der Waals surface area contributed by atoms with Gasteiger partial charge in [0.25, 0.3) is 5.91 Å². The molecule has 0 aromatic heterocycles. The lowest BCUT2D eigenvalue weighted by Crippen LogP contribution is -2.16. The first-order valence-electron chi connectivity index (χ1n) is 6.44. The molecule has 0 aliphatic carbocycles. The van der Waals surface area contributed by atoms with Crippen molar-refractivity contribution in [1.29, 1.82) is 0 Å². The lowest BCUT2D eigenvalue weighted by molar-refractivity contribution is 0.102. The Bertz CT molecular complexity index is 656. The van der Waals surface area contributed by atoms with Crippen LogP contribution >= 0.6 is 15.9 Å². The highest BCUT2D eigenvalue weighted by Gasteiger charge is 2.11. The molecule has 1 amide bonds. The molecule has 0 heterocycles. The van der Waals surface area contributed by atoms with Crippen LogP contribution in [0.3, 0.4) is 0 Å². The summed E-state index contributed by atoms with van der Waals surface area (Å²) in [6.45, 7) is 0. The minimum atomic E-state index is -0.160. The fourth-order valence-corrected chi connectivity index (χ4v) is 2.51. The second kappa shape index (κ2) is 6.63. The van der Waals surface area contributed by atoms with E-state index in [1.807, 2.05) is 43.3 Å². The fourth-order valence-electron chi connectivity index (χ4n) is 1.97. The van der Waals surface area contributed by atoms with Crippen molar-refractivity contribution in [2.45, 2.75) is 0 Å². The van der Waals surface area contributed by atoms with Crippen LogP contribution in [0.15, 0.2) is 46.9 Å². The monoisotopic (exact) mass is 348 g/mol. The highest BCUT2D eigenvalue weighted by molar-refractivity contribution is 9.10. The molecule has 110 valence electrons. The Morgan fingerprint density at radius 2 is 1.90 bits per heavy atom. The van der Waals surface area contributed by atoms with Crippen molar-refractivity contribution in [3.8, 4) is 5.75 Å². The van der Waals surface area contributed by atoms with Gasteiger partial charge in [-0.1, -0.05) is 12.1 Å². The standard InChI is InChI=1S/C16H17BrN2O2/c1-19(2)14-7-5-4-6-13(14)18-16(20)11-8-9-15(21-3)12(17)10-11/h4-10H,1-3H3,(H,18,20). The van der Waals surface area contributed by atoms with Gasteiger partial charge in [0.2, 0.25) is 0 Å². The fraction of sp³-hybridized carbons (Fsp3) is 0.188. The molecule has 21 heavy (non-hydrogen) atoms. The van der Waals surface area contributed by atoms with E-state index in [2.05, 4.69) is 21.2 Å². The molecule has 2 aromatic rings. The number of hydrogen-bond acceptors (Lipinski definition) is 3. The molecule has 0 aliphatic heterocycles. The van der Waals surface area contributed by atoms with Crippen LogP contribution in [0.2, 0.25) is 0 Å². The highest BCUT2D eigenvalue weighted by Crippen LogP contribution is 2.27. The van der Waals surface area contributed by atoms with Gasteiger partial charge in [0.05, 0.1) is 23.0 Å². The van der Waals surface area contributed by atoms with Gasteiger partial charge >= 0.3 is 0 Å². The average molecular weight is 349 g/mol. The summed E-state index contributed by atoms with van der Waals surface area (Å²) < 4.78 is 5.91. The first kappa shape index (κ1) is 15.4. The molecule has 0 unspecified atom stereocenters. The molecular formula is C16H17BrN2O2. The molecule has 0 bridgehead atoms. The van der Waals surface area contributed by atoms with Crippen molar-refractivity contribution in [2.75, 3.05) is 31.4 Å². The van der Waals surface area contributed by atoms with E-state index < -0.39 is 0 Å². The third-order valence-electron chi connectivity index (χ3n) is 3.05.